The fraction of sp³-hybridized carbons (Fsp3) is 0.750. The van der Waals surface area contributed by atoms with Crippen LogP contribution in [0.5, 0.6) is 0 Å². The third-order valence-corrected chi connectivity index (χ3v) is 6.60. The van der Waals surface area contributed by atoms with Crippen LogP contribution in [-0.2, 0) is 21.4 Å². The highest BCUT2D eigenvalue weighted by Gasteiger charge is 2.29. The van der Waals surface area contributed by atoms with Crippen LogP contribution in [0, 0.1) is 19.8 Å². The van der Waals surface area contributed by atoms with E-state index >= 15 is 0 Å². The van der Waals surface area contributed by atoms with Crippen molar-refractivity contribution in [2.24, 2.45) is 5.92 Å². The lowest BCUT2D eigenvalue weighted by molar-refractivity contribution is -0.122. The van der Waals surface area contributed by atoms with Crippen molar-refractivity contribution in [2.75, 3.05) is 13.1 Å². The average molecular weight is 359 g/mol. The van der Waals surface area contributed by atoms with E-state index in [4.69, 9.17) is 0 Å². The molecule has 0 aliphatic heterocycles. The molecule has 0 spiro atoms. The summed E-state index contributed by atoms with van der Waals surface area (Å²) in [5, 5.41) is 7.18. The maximum Gasteiger partial charge on any atom is 0.246 e. The summed E-state index contributed by atoms with van der Waals surface area (Å²) in [6, 6.07) is 0.0494. The fourth-order valence-electron chi connectivity index (χ4n) is 2.50. The van der Waals surface area contributed by atoms with Crippen LogP contribution >= 0.6 is 0 Å². The van der Waals surface area contributed by atoms with E-state index in [2.05, 4.69) is 10.4 Å². The van der Waals surface area contributed by atoms with E-state index in [-0.39, 0.29) is 23.4 Å². The van der Waals surface area contributed by atoms with Gasteiger partial charge in [-0.2, -0.15) is 9.40 Å². The van der Waals surface area contributed by atoms with Crippen molar-refractivity contribution in [3.63, 3.8) is 0 Å². The van der Waals surface area contributed by atoms with Crippen LogP contribution in [-0.4, -0.2) is 47.5 Å². The summed E-state index contributed by atoms with van der Waals surface area (Å²) < 4.78 is 28.4. The number of sulfonamides is 1. The van der Waals surface area contributed by atoms with Crippen molar-refractivity contribution in [3.05, 3.63) is 11.4 Å². The van der Waals surface area contributed by atoms with Gasteiger partial charge in [-0.1, -0.05) is 27.7 Å². The minimum Gasteiger partial charge on any atom is -0.352 e. The molecule has 7 nitrogen and oxygen atoms in total. The van der Waals surface area contributed by atoms with Gasteiger partial charge in [0.1, 0.15) is 11.4 Å². The molecule has 1 rings (SSSR count). The summed E-state index contributed by atoms with van der Waals surface area (Å²) in [6.45, 7) is 13.8. The number of carbonyl (C=O) groups is 1. The lowest BCUT2D eigenvalue weighted by Crippen LogP contribution is -2.38. The molecule has 0 aromatic carbocycles. The second kappa shape index (κ2) is 8.11. The zero-order valence-corrected chi connectivity index (χ0v) is 16.6. The van der Waals surface area contributed by atoms with Gasteiger partial charge in [0.05, 0.1) is 11.4 Å². The highest BCUT2D eigenvalue weighted by atomic mass is 32.2. The predicted molar refractivity (Wildman–Crippen MR) is 94.3 cm³/mol. The van der Waals surface area contributed by atoms with E-state index in [1.165, 1.54) is 8.99 Å². The maximum atomic E-state index is 12.8. The first-order valence-electron chi connectivity index (χ1n) is 8.39. The number of hydrogen-bond acceptors (Lipinski definition) is 4. The second-order valence-corrected chi connectivity index (χ2v) is 8.22. The normalized spacial score (nSPS) is 13.5. The van der Waals surface area contributed by atoms with Gasteiger partial charge >= 0.3 is 0 Å². The molecular formula is C16H30N4O3S. The highest BCUT2D eigenvalue weighted by Crippen LogP contribution is 2.23. The highest BCUT2D eigenvalue weighted by molar-refractivity contribution is 7.89. The Hall–Kier alpha value is -1.41. The zero-order valence-electron chi connectivity index (χ0n) is 15.8. The standard InChI is InChI=1S/C16H30N4O3S/c1-8-19(9-2)24(22,23)16-13(6)18-20(14(16)7)10-15(21)17-12(5)11(3)4/h11-12H,8-10H2,1-7H3,(H,17,21). The molecule has 1 N–H and O–H groups in total. The van der Waals surface area contributed by atoms with E-state index in [1.807, 2.05) is 20.8 Å². The molecule has 0 aliphatic rings. The van der Waals surface area contributed by atoms with Crippen LogP contribution in [0.15, 0.2) is 4.90 Å². The quantitative estimate of drug-likeness (QED) is 0.766. The van der Waals surface area contributed by atoms with Crippen molar-refractivity contribution >= 4 is 15.9 Å². The van der Waals surface area contributed by atoms with Crippen molar-refractivity contribution in [1.29, 1.82) is 0 Å². The average Bonchev–Trinajstić information content (AvgIpc) is 2.74. The van der Waals surface area contributed by atoms with Gasteiger partial charge in [-0.25, -0.2) is 8.42 Å². The topological polar surface area (TPSA) is 84.3 Å². The molecule has 0 fully saturated rings. The van der Waals surface area contributed by atoms with Gasteiger partial charge in [0.15, 0.2) is 0 Å². The third kappa shape index (κ3) is 4.36. The molecule has 1 amide bonds. The minimum atomic E-state index is -3.60. The summed E-state index contributed by atoms with van der Waals surface area (Å²) in [4.78, 5) is 12.4. The largest absolute Gasteiger partial charge is 0.352 e. The van der Waals surface area contributed by atoms with Crippen molar-refractivity contribution < 1.29 is 13.2 Å². The Labute approximate surface area is 145 Å². The number of nitrogens with zero attached hydrogens (tertiary/aromatic N) is 3. The number of nitrogens with one attached hydrogen (secondary N) is 1. The van der Waals surface area contributed by atoms with E-state index < -0.39 is 10.0 Å². The van der Waals surface area contributed by atoms with Crippen LogP contribution in [0.1, 0.15) is 46.0 Å². The maximum absolute atomic E-state index is 12.8. The van der Waals surface area contributed by atoms with Crippen LogP contribution in [0.3, 0.4) is 0 Å². The van der Waals surface area contributed by atoms with Gasteiger partial charge < -0.3 is 5.32 Å². The number of amides is 1. The smallest absolute Gasteiger partial charge is 0.246 e. The molecule has 0 radical (unpaired) electrons. The molecule has 8 heteroatoms. The van der Waals surface area contributed by atoms with Gasteiger partial charge in [0.2, 0.25) is 15.9 Å². The monoisotopic (exact) mass is 358 g/mol. The van der Waals surface area contributed by atoms with Crippen LogP contribution in [0.25, 0.3) is 0 Å². The Morgan fingerprint density at radius 1 is 1.21 bits per heavy atom. The Bertz CT molecular complexity index is 676. The fourth-order valence-corrected chi connectivity index (χ4v) is 4.33. The van der Waals surface area contributed by atoms with Crippen molar-refractivity contribution in [2.45, 2.75) is 65.9 Å². The Morgan fingerprint density at radius 3 is 2.21 bits per heavy atom. The summed E-state index contributed by atoms with van der Waals surface area (Å²) in [5.74, 6) is 0.154. The molecule has 0 bridgehead atoms. The zero-order chi connectivity index (χ0) is 18.7. The van der Waals surface area contributed by atoms with Crippen molar-refractivity contribution in [1.82, 2.24) is 19.4 Å². The van der Waals surface area contributed by atoms with E-state index in [0.29, 0.717) is 30.4 Å². The Kier molecular flexibility index (Phi) is 6.97. The number of aryl methyl sites for hydroxylation is 1. The molecule has 24 heavy (non-hydrogen) atoms. The Balaban J connectivity index is 3.09. The summed E-state index contributed by atoms with van der Waals surface area (Å²) >= 11 is 0. The van der Waals surface area contributed by atoms with E-state index in [9.17, 15) is 13.2 Å². The van der Waals surface area contributed by atoms with Crippen LogP contribution in [0.2, 0.25) is 0 Å². The van der Waals surface area contributed by atoms with E-state index in [0.717, 1.165) is 0 Å². The first-order chi connectivity index (χ1) is 11.1. The summed E-state index contributed by atoms with van der Waals surface area (Å²) in [6.07, 6.45) is 0. The molecular weight excluding hydrogens is 328 g/mol. The minimum absolute atomic E-state index is 0.0114. The molecule has 1 aromatic heterocycles. The molecule has 1 heterocycles. The van der Waals surface area contributed by atoms with Gasteiger partial charge in [0.25, 0.3) is 0 Å². The predicted octanol–water partition coefficient (Wildman–Crippen LogP) is 1.69. The lowest BCUT2D eigenvalue weighted by Gasteiger charge is -2.19. The molecule has 138 valence electrons. The first-order valence-corrected chi connectivity index (χ1v) is 9.83. The van der Waals surface area contributed by atoms with Crippen LogP contribution in [0.4, 0.5) is 0 Å². The first kappa shape index (κ1) is 20.6. The van der Waals surface area contributed by atoms with Gasteiger partial charge in [0, 0.05) is 19.1 Å². The number of rotatable bonds is 8. The Morgan fingerprint density at radius 2 is 1.75 bits per heavy atom. The molecule has 0 saturated heterocycles. The second-order valence-electron chi connectivity index (χ2n) is 6.35. The number of aromatic nitrogens is 2. The molecule has 0 aliphatic carbocycles. The van der Waals surface area contributed by atoms with Crippen molar-refractivity contribution in [3.8, 4) is 0 Å². The molecule has 1 unspecified atom stereocenters. The van der Waals surface area contributed by atoms with E-state index in [1.54, 1.807) is 27.7 Å². The molecule has 1 atom stereocenters. The molecule has 1 aromatic rings. The summed E-state index contributed by atoms with van der Waals surface area (Å²) in [5.41, 5.74) is 0.913. The molecule has 0 saturated carbocycles. The van der Waals surface area contributed by atoms with Crippen LogP contribution < -0.4 is 5.32 Å². The lowest BCUT2D eigenvalue weighted by atomic mass is 10.1. The number of carbonyl (C=O) groups excluding carboxylic acids is 1. The van der Waals surface area contributed by atoms with Gasteiger partial charge in [-0.15, -0.1) is 0 Å². The van der Waals surface area contributed by atoms with Gasteiger partial charge in [-0.3, -0.25) is 9.48 Å². The third-order valence-electron chi connectivity index (χ3n) is 4.30. The summed E-state index contributed by atoms with van der Waals surface area (Å²) in [7, 11) is -3.60. The SMILES string of the molecule is CCN(CC)S(=O)(=O)c1c(C)nn(CC(=O)NC(C)C(C)C)c1C. The van der Waals surface area contributed by atoms with Gasteiger partial charge in [-0.05, 0) is 26.7 Å². The number of hydrogen-bond donors (Lipinski definition) is 1.